The van der Waals surface area contributed by atoms with Crippen LogP contribution in [0.1, 0.15) is 72.8 Å². The minimum atomic E-state index is -0.551. The van der Waals surface area contributed by atoms with Gasteiger partial charge in [0.25, 0.3) is 0 Å². The number of allylic oxidation sites excluding steroid dienone is 2. The van der Waals surface area contributed by atoms with Crippen LogP contribution in [0, 0.1) is 0 Å². The van der Waals surface area contributed by atoms with Gasteiger partial charge in [0.15, 0.2) is 0 Å². The van der Waals surface area contributed by atoms with E-state index in [2.05, 4.69) is 125 Å². The average molecular weight is 700 g/mol. The number of aromatic amines is 1. The van der Waals surface area contributed by atoms with Crippen LogP contribution < -0.4 is 0 Å². The van der Waals surface area contributed by atoms with E-state index in [1.807, 2.05) is 0 Å². The van der Waals surface area contributed by atoms with Crippen molar-refractivity contribution in [3.8, 4) is 0 Å². The molecule has 2 nitrogen and oxygen atoms in total. The van der Waals surface area contributed by atoms with Gasteiger partial charge in [-0.15, -0.1) is 0 Å². The van der Waals surface area contributed by atoms with Gasteiger partial charge in [0.1, 0.15) is 0 Å². The van der Waals surface area contributed by atoms with Crippen LogP contribution in [-0.4, -0.2) is 51.6 Å². The van der Waals surface area contributed by atoms with E-state index in [0.29, 0.717) is 0 Å². The number of benzene rings is 1. The van der Waals surface area contributed by atoms with Gasteiger partial charge in [-0.1, -0.05) is 0 Å². The third-order valence-electron chi connectivity index (χ3n) is 7.94. The monoisotopic (exact) mass is 704 g/mol. The van der Waals surface area contributed by atoms with Crippen LogP contribution >= 0.6 is 0 Å². The molecule has 8 bridgehead atoms. The molecule has 0 atom stereocenters. The van der Waals surface area contributed by atoms with Gasteiger partial charge in [-0.25, -0.2) is 0 Å². The van der Waals surface area contributed by atoms with E-state index >= 15 is 0 Å². The molecule has 0 amide bonds. The molecule has 3 aromatic heterocycles. The summed E-state index contributed by atoms with van der Waals surface area (Å²) in [7, 11) is 0. The number of nitrogens with zero attached hydrogens (tertiary/aromatic N) is 1. The summed E-state index contributed by atoms with van der Waals surface area (Å²) in [5.74, 6) is 0. The van der Waals surface area contributed by atoms with E-state index in [1.54, 1.807) is 10.7 Å². The third kappa shape index (κ3) is 3.85. The van der Waals surface area contributed by atoms with Crippen molar-refractivity contribution in [3.63, 3.8) is 0 Å². The van der Waals surface area contributed by atoms with Crippen molar-refractivity contribution < 1.29 is 0 Å². The van der Waals surface area contributed by atoms with Crippen LogP contribution in [0.25, 0.3) is 5.57 Å². The summed E-state index contributed by atoms with van der Waals surface area (Å²) >= 11 is -1.02. The third-order valence-corrected chi connectivity index (χ3v) is 17.0. The summed E-state index contributed by atoms with van der Waals surface area (Å²) in [4.78, 5) is 9.24. The zero-order valence-electron chi connectivity index (χ0n) is 21.8. The number of H-pyrrole nitrogens is 1. The number of aromatic nitrogens is 1. The molecule has 0 fully saturated rings. The Bertz CT molecular complexity index is 1550. The van der Waals surface area contributed by atoms with Crippen molar-refractivity contribution in [2.24, 2.45) is 4.99 Å². The van der Waals surface area contributed by atoms with Gasteiger partial charge in [-0.05, 0) is 0 Å². The molecule has 182 valence electrons. The SMILES string of the molecule is CC1(C)C2=N/C(=C(/c3ccccc3)c3ccc([te]3)C(C)(C)c3ccc([nH]3)C(C)(C)c3ccc1[te]3)C=C2. The van der Waals surface area contributed by atoms with Gasteiger partial charge in [-0.2, -0.15) is 0 Å². The molecular formula is C32H32N2Te2. The predicted molar refractivity (Wildman–Crippen MR) is 154 cm³/mol. The van der Waals surface area contributed by atoms with E-state index in [-0.39, 0.29) is 16.2 Å². The Morgan fingerprint density at radius 3 is 1.86 bits per heavy atom. The van der Waals surface area contributed by atoms with Gasteiger partial charge < -0.3 is 0 Å². The van der Waals surface area contributed by atoms with Crippen molar-refractivity contribution in [1.29, 1.82) is 0 Å². The van der Waals surface area contributed by atoms with Crippen LogP contribution in [0.4, 0.5) is 0 Å². The van der Waals surface area contributed by atoms with Gasteiger partial charge >= 0.3 is 236 Å². The topological polar surface area (TPSA) is 28.1 Å². The van der Waals surface area contributed by atoms with Crippen LogP contribution in [0.2, 0.25) is 0 Å². The van der Waals surface area contributed by atoms with Crippen LogP contribution in [0.15, 0.2) is 89.6 Å². The molecule has 4 heteroatoms. The number of hydrogen-bond acceptors (Lipinski definition) is 1. The fourth-order valence-corrected chi connectivity index (χ4v) is 12.1. The zero-order chi connectivity index (χ0) is 25.3. The number of fused-ring (bicyclic) bond motifs is 7. The Morgan fingerprint density at radius 1 is 0.611 bits per heavy atom. The number of rotatable bonds is 1. The summed E-state index contributed by atoms with van der Waals surface area (Å²) in [5, 5.41) is 0. The molecule has 36 heavy (non-hydrogen) atoms. The summed E-state index contributed by atoms with van der Waals surface area (Å²) in [6, 6.07) is 25.2. The molecule has 0 saturated heterocycles. The van der Waals surface area contributed by atoms with Crippen molar-refractivity contribution >= 4 is 52.1 Å². The molecule has 0 unspecified atom stereocenters. The molecule has 0 radical (unpaired) electrons. The summed E-state index contributed by atoms with van der Waals surface area (Å²) in [6.45, 7) is 14.3. The number of hydrogen-bond donors (Lipinski definition) is 1. The molecule has 2 aliphatic rings. The van der Waals surface area contributed by atoms with E-state index < -0.39 is 40.9 Å². The van der Waals surface area contributed by atoms with Crippen molar-refractivity contribution in [1.82, 2.24) is 4.98 Å². The summed E-state index contributed by atoms with van der Waals surface area (Å²) in [6.07, 6.45) is 4.54. The fourth-order valence-electron chi connectivity index (χ4n) is 5.20. The van der Waals surface area contributed by atoms with E-state index in [1.165, 1.54) is 31.8 Å². The molecule has 6 rings (SSSR count). The molecule has 5 heterocycles. The Balaban J connectivity index is 1.63. The molecule has 2 aliphatic heterocycles. The Kier molecular flexibility index (Phi) is 5.87. The summed E-state index contributed by atoms with van der Waals surface area (Å²) in [5.41, 5.74) is 7.47. The Morgan fingerprint density at radius 2 is 1.19 bits per heavy atom. The summed E-state index contributed by atoms with van der Waals surface area (Å²) < 4.78 is 6.21. The maximum atomic E-state index is 5.34. The first-order chi connectivity index (χ1) is 17.1. The van der Waals surface area contributed by atoms with E-state index in [9.17, 15) is 0 Å². The molecule has 4 aromatic rings. The second-order valence-corrected chi connectivity index (χ2v) is 17.6. The van der Waals surface area contributed by atoms with Crippen LogP contribution in [-0.2, 0) is 16.2 Å². The molecular weight excluding hydrogens is 668 g/mol. The zero-order valence-corrected chi connectivity index (χ0v) is 26.4. The van der Waals surface area contributed by atoms with Crippen LogP contribution in [0.5, 0.6) is 0 Å². The Labute approximate surface area is 234 Å². The van der Waals surface area contributed by atoms with Crippen LogP contribution in [0.3, 0.4) is 0 Å². The quantitative estimate of drug-likeness (QED) is 0.211. The van der Waals surface area contributed by atoms with Gasteiger partial charge in [-0.3, -0.25) is 0 Å². The molecule has 0 spiro atoms. The second kappa shape index (κ2) is 8.61. The standard InChI is InChI=1S/C32H32N2Te2/c1-30(2)23-14-12-21(33-23)29(20-10-8-7-9-11-20)22-13-17-26(35-22)31(3,4)24-15-16-25(34-24)32(5,6)28-19-18-27(30)36-28/h7-19,34H,1-6H3/b29-21-. The molecule has 1 N–H and O–H groups in total. The average Bonchev–Trinajstić information content (AvgIpc) is 3.66. The van der Waals surface area contributed by atoms with Crippen molar-refractivity contribution in [2.75, 3.05) is 0 Å². The first kappa shape index (κ1) is 24.5. The Hall–Kier alpha value is -1.81. The van der Waals surface area contributed by atoms with Crippen molar-refractivity contribution in [2.45, 2.75) is 57.8 Å². The normalized spacial score (nSPS) is 21.4. The van der Waals surface area contributed by atoms with Gasteiger partial charge in [0, 0.05) is 0 Å². The van der Waals surface area contributed by atoms with E-state index in [0.717, 1.165) is 5.70 Å². The minimum absolute atomic E-state index is 0.00496. The van der Waals surface area contributed by atoms with E-state index in [4.69, 9.17) is 4.99 Å². The van der Waals surface area contributed by atoms with Crippen molar-refractivity contribution in [3.05, 3.63) is 116 Å². The predicted octanol–water partition coefficient (Wildman–Crippen LogP) is 6.84. The van der Waals surface area contributed by atoms with Gasteiger partial charge in [0.05, 0.1) is 0 Å². The molecule has 1 aromatic carbocycles. The molecule has 0 saturated carbocycles. The maximum absolute atomic E-state index is 5.34. The fraction of sp³-hybridized carbons (Fsp3) is 0.281. The van der Waals surface area contributed by atoms with Gasteiger partial charge in [0.2, 0.25) is 0 Å². The first-order valence-corrected chi connectivity index (χ1v) is 17.2. The second-order valence-electron chi connectivity index (χ2n) is 11.4. The molecule has 0 aliphatic carbocycles. The number of aliphatic imine (C=N–C) groups is 1. The first-order valence-electron chi connectivity index (χ1n) is 12.6. The number of nitrogens with one attached hydrogen (secondary N) is 1.